The van der Waals surface area contributed by atoms with E-state index in [0.29, 0.717) is 26.9 Å². The summed E-state index contributed by atoms with van der Waals surface area (Å²) in [5, 5.41) is 20.8. The van der Waals surface area contributed by atoms with Crippen LogP contribution in [0.3, 0.4) is 0 Å². The summed E-state index contributed by atoms with van der Waals surface area (Å²) in [6.07, 6.45) is 1.56. The number of nitriles is 1. The van der Waals surface area contributed by atoms with Crippen molar-refractivity contribution in [3.8, 4) is 11.8 Å². The number of amides is 1. The zero-order valence-electron chi connectivity index (χ0n) is 12.8. The second-order valence-corrected chi connectivity index (χ2v) is 6.00. The van der Waals surface area contributed by atoms with Gasteiger partial charge in [-0.05, 0) is 42.5 Å². The van der Waals surface area contributed by atoms with Gasteiger partial charge in [-0.1, -0.05) is 23.2 Å². The van der Waals surface area contributed by atoms with Crippen LogP contribution in [0.1, 0.15) is 21.6 Å². The van der Waals surface area contributed by atoms with E-state index in [-0.39, 0.29) is 12.5 Å². The summed E-state index contributed by atoms with van der Waals surface area (Å²) in [6.45, 7) is 0.208. The first kappa shape index (κ1) is 17.0. The lowest BCUT2D eigenvalue weighted by Crippen LogP contribution is -2.23. The molecule has 1 amide bonds. The minimum atomic E-state index is -0.308. The fraction of sp³-hybridized carbons (Fsp3) is 0.0588. The van der Waals surface area contributed by atoms with E-state index >= 15 is 0 Å². The average molecular weight is 372 g/mol. The molecule has 6 nitrogen and oxygen atoms in total. The zero-order chi connectivity index (χ0) is 17.8. The molecule has 0 aliphatic rings. The van der Waals surface area contributed by atoms with Crippen molar-refractivity contribution < 1.29 is 4.79 Å². The van der Waals surface area contributed by atoms with Crippen LogP contribution in [-0.4, -0.2) is 20.9 Å². The fourth-order valence-electron chi connectivity index (χ4n) is 2.13. The van der Waals surface area contributed by atoms with E-state index < -0.39 is 0 Å². The zero-order valence-corrected chi connectivity index (χ0v) is 14.3. The van der Waals surface area contributed by atoms with E-state index in [1.54, 1.807) is 36.5 Å². The third kappa shape index (κ3) is 4.15. The lowest BCUT2D eigenvalue weighted by Gasteiger charge is -2.04. The number of carbonyl (C=O) groups excluding carboxylic acids is 1. The van der Waals surface area contributed by atoms with Gasteiger partial charge < -0.3 is 5.32 Å². The molecule has 1 N–H and O–H groups in total. The quantitative estimate of drug-likeness (QED) is 0.761. The first-order chi connectivity index (χ1) is 12.0. The van der Waals surface area contributed by atoms with Gasteiger partial charge in [0.25, 0.3) is 5.91 Å². The molecular formula is C17H11Cl2N5O. The SMILES string of the molecule is N#Cc1ccc(-n2ncc(CNC(=O)c3cc(Cl)cc(Cl)c3)n2)cc1. The van der Waals surface area contributed by atoms with Crippen molar-refractivity contribution >= 4 is 29.1 Å². The van der Waals surface area contributed by atoms with Crippen LogP contribution in [0.4, 0.5) is 0 Å². The van der Waals surface area contributed by atoms with Gasteiger partial charge in [0.1, 0.15) is 5.69 Å². The van der Waals surface area contributed by atoms with E-state index in [4.69, 9.17) is 28.5 Å². The Bertz CT molecular complexity index is 940. The largest absolute Gasteiger partial charge is 0.346 e. The molecule has 3 aromatic rings. The van der Waals surface area contributed by atoms with Gasteiger partial charge in [-0.25, -0.2) is 0 Å². The maximum Gasteiger partial charge on any atom is 0.251 e. The highest BCUT2D eigenvalue weighted by Crippen LogP contribution is 2.19. The maximum absolute atomic E-state index is 12.2. The molecule has 25 heavy (non-hydrogen) atoms. The van der Waals surface area contributed by atoms with E-state index in [9.17, 15) is 4.79 Å². The predicted molar refractivity (Wildman–Crippen MR) is 93.7 cm³/mol. The van der Waals surface area contributed by atoms with Gasteiger partial charge in [-0.3, -0.25) is 4.79 Å². The Morgan fingerprint density at radius 1 is 1.16 bits per heavy atom. The summed E-state index contributed by atoms with van der Waals surface area (Å²) in [5.41, 5.74) is 2.24. The minimum Gasteiger partial charge on any atom is -0.346 e. The normalized spacial score (nSPS) is 10.3. The second-order valence-electron chi connectivity index (χ2n) is 5.12. The Kier molecular flexibility index (Phi) is 4.98. The summed E-state index contributed by atoms with van der Waals surface area (Å²) in [6, 6.07) is 13.5. The van der Waals surface area contributed by atoms with Crippen molar-refractivity contribution in [1.82, 2.24) is 20.3 Å². The first-order valence-corrected chi connectivity index (χ1v) is 7.97. The van der Waals surface area contributed by atoms with Crippen molar-refractivity contribution in [3.63, 3.8) is 0 Å². The number of aromatic nitrogens is 3. The molecule has 0 saturated carbocycles. The van der Waals surface area contributed by atoms with Crippen molar-refractivity contribution in [2.75, 3.05) is 0 Å². The Morgan fingerprint density at radius 2 is 1.84 bits per heavy atom. The van der Waals surface area contributed by atoms with Crippen LogP contribution in [0.5, 0.6) is 0 Å². The molecule has 3 rings (SSSR count). The topological polar surface area (TPSA) is 83.6 Å². The van der Waals surface area contributed by atoms with Crippen LogP contribution >= 0.6 is 23.2 Å². The van der Waals surface area contributed by atoms with Crippen LogP contribution in [0.2, 0.25) is 10.0 Å². The van der Waals surface area contributed by atoms with Crippen molar-refractivity contribution in [2.24, 2.45) is 0 Å². The van der Waals surface area contributed by atoms with Gasteiger partial charge >= 0.3 is 0 Å². The summed E-state index contributed by atoms with van der Waals surface area (Å²) in [7, 11) is 0. The van der Waals surface area contributed by atoms with Crippen LogP contribution in [0, 0.1) is 11.3 Å². The number of nitrogens with zero attached hydrogens (tertiary/aromatic N) is 4. The average Bonchev–Trinajstić information content (AvgIpc) is 3.08. The number of halogens is 2. The van der Waals surface area contributed by atoms with Gasteiger partial charge in [-0.2, -0.15) is 20.3 Å². The number of hydrogen-bond acceptors (Lipinski definition) is 4. The molecule has 0 radical (unpaired) electrons. The number of carbonyl (C=O) groups is 1. The summed E-state index contributed by atoms with van der Waals surface area (Å²) >= 11 is 11.8. The smallest absolute Gasteiger partial charge is 0.251 e. The number of nitrogens with one attached hydrogen (secondary N) is 1. The summed E-state index contributed by atoms with van der Waals surface area (Å²) < 4.78 is 0. The van der Waals surface area contributed by atoms with E-state index in [2.05, 4.69) is 21.6 Å². The number of benzene rings is 2. The molecule has 0 saturated heterocycles. The van der Waals surface area contributed by atoms with Gasteiger partial charge in [0.2, 0.25) is 0 Å². The molecule has 0 aliphatic carbocycles. The van der Waals surface area contributed by atoms with E-state index in [1.807, 2.05) is 0 Å². The molecule has 2 aromatic carbocycles. The monoisotopic (exact) mass is 371 g/mol. The third-order valence-corrected chi connectivity index (χ3v) is 3.76. The molecule has 0 spiro atoms. The molecule has 0 bridgehead atoms. The predicted octanol–water partition coefficient (Wildman–Crippen LogP) is 3.38. The molecule has 1 heterocycles. The van der Waals surface area contributed by atoms with E-state index in [1.165, 1.54) is 16.9 Å². The Balaban J connectivity index is 1.67. The summed E-state index contributed by atoms with van der Waals surface area (Å²) in [4.78, 5) is 13.6. The Labute approximate surface area is 153 Å². The number of rotatable bonds is 4. The molecule has 0 aliphatic heterocycles. The lowest BCUT2D eigenvalue weighted by atomic mass is 10.2. The van der Waals surface area contributed by atoms with Crippen molar-refractivity contribution in [1.29, 1.82) is 5.26 Å². The third-order valence-electron chi connectivity index (χ3n) is 3.32. The van der Waals surface area contributed by atoms with E-state index in [0.717, 1.165) is 5.69 Å². The van der Waals surface area contributed by atoms with Crippen LogP contribution in [-0.2, 0) is 6.54 Å². The fourth-order valence-corrected chi connectivity index (χ4v) is 2.65. The Morgan fingerprint density at radius 3 is 2.48 bits per heavy atom. The molecule has 0 fully saturated rings. The minimum absolute atomic E-state index is 0.208. The Hall–Kier alpha value is -2.88. The van der Waals surface area contributed by atoms with Gasteiger partial charge in [0, 0.05) is 15.6 Å². The first-order valence-electron chi connectivity index (χ1n) is 7.21. The van der Waals surface area contributed by atoms with Crippen LogP contribution < -0.4 is 5.32 Å². The molecule has 0 atom stereocenters. The molecule has 8 heteroatoms. The molecule has 0 unspecified atom stereocenters. The van der Waals surface area contributed by atoms with Crippen molar-refractivity contribution in [3.05, 3.63) is 75.5 Å². The van der Waals surface area contributed by atoms with Gasteiger partial charge in [-0.15, -0.1) is 0 Å². The number of hydrogen-bond donors (Lipinski definition) is 1. The highest BCUT2D eigenvalue weighted by Gasteiger charge is 2.09. The van der Waals surface area contributed by atoms with Crippen molar-refractivity contribution in [2.45, 2.75) is 6.54 Å². The van der Waals surface area contributed by atoms with Crippen LogP contribution in [0.15, 0.2) is 48.7 Å². The highest BCUT2D eigenvalue weighted by molar-refractivity contribution is 6.35. The summed E-state index contributed by atoms with van der Waals surface area (Å²) in [5.74, 6) is -0.308. The highest BCUT2D eigenvalue weighted by atomic mass is 35.5. The van der Waals surface area contributed by atoms with Crippen LogP contribution in [0.25, 0.3) is 5.69 Å². The maximum atomic E-state index is 12.2. The standard InChI is InChI=1S/C17H11Cl2N5O/c18-13-5-12(6-14(19)7-13)17(25)21-9-15-10-22-24(23-15)16-3-1-11(8-20)2-4-16/h1-7,10H,9H2,(H,21,25). The second kappa shape index (κ2) is 7.34. The molecular weight excluding hydrogens is 361 g/mol. The molecule has 124 valence electrons. The van der Waals surface area contributed by atoms with Gasteiger partial charge in [0.05, 0.1) is 30.1 Å². The van der Waals surface area contributed by atoms with Gasteiger partial charge in [0.15, 0.2) is 0 Å². The molecule has 1 aromatic heterocycles. The lowest BCUT2D eigenvalue weighted by molar-refractivity contribution is 0.0950.